The van der Waals surface area contributed by atoms with E-state index in [1.807, 2.05) is 32.0 Å². The van der Waals surface area contributed by atoms with Crippen LogP contribution in [0.2, 0.25) is 0 Å². The monoisotopic (exact) mass is 489 g/mol. The molecule has 1 aromatic rings. The third kappa shape index (κ3) is 9.42. The standard InChI is InChI=1S/C26H39N3O6/c1-9-16-29(24(32)19(5)28-25(33)35-26(6,7)8)22(21-17(3)12-11-13-18(21)4)23(31)27-15-14-20(30)34-10-2/h9,11-13,19,22H,1,10,14-16H2,2-8H3,(H,27,31)(H,28,33). The lowest BCUT2D eigenvalue weighted by Crippen LogP contribution is -2.52. The van der Waals surface area contributed by atoms with E-state index in [1.54, 1.807) is 27.7 Å². The number of benzene rings is 1. The Morgan fingerprint density at radius 1 is 1.14 bits per heavy atom. The smallest absolute Gasteiger partial charge is 0.408 e. The van der Waals surface area contributed by atoms with Gasteiger partial charge in [0.05, 0.1) is 13.0 Å². The summed E-state index contributed by atoms with van der Waals surface area (Å²) in [5.74, 6) is -1.36. The van der Waals surface area contributed by atoms with Gasteiger partial charge in [-0.25, -0.2) is 4.79 Å². The van der Waals surface area contributed by atoms with Gasteiger partial charge >= 0.3 is 12.1 Å². The predicted octanol–water partition coefficient (Wildman–Crippen LogP) is 3.34. The van der Waals surface area contributed by atoms with Gasteiger partial charge in [0, 0.05) is 13.1 Å². The summed E-state index contributed by atoms with van der Waals surface area (Å²) < 4.78 is 10.2. The minimum Gasteiger partial charge on any atom is -0.466 e. The average Bonchev–Trinajstić information content (AvgIpc) is 2.73. The van der Waals surface area contributed by atoms with Crippen molar-refractivity contribution < 1.29 is 28.7 Å². The Kier molecular flexibility index (Phi) is 11.5. The maximum atomic E-state index is 13.5. The van der Waals surface area contributed by atoms with E-state index in [0.717, 1.165) is 11.1 Å². The highest BCUT2D eigenvalue weighted by atomic mass is 16.6. The zero-order valence-corrected chi connectivity index (χ0v) is 21.9. The summed E-state index contributed by atoms with van der Waals surface area (Å²) in [7, 11) is 0. The van der Waals surface area contributed by atoms with E-state index >= 15 is 0 Å². The molecule has 0 heterocycles. The highest BCUT2D eigenvalue weighted by molar-refractivity contribution is 5.92. The molecule has 0 saturated heterocycles. The van der Waals surface area contributed by atoms with Crippen LogP contribution in [0, 0.1) is 13.8 Å². The zero-order chi connectivity index (χ0) is 26.8. The molecule has 0 aliphatic heterocycles. The van der Waals surface area contributed by atoms with Crippen molar-refractivity contribution in [1.82, 2.24) is 15.5 Å². The van der Waals surface area contributed by atoms with Crippen LogP contribution in [0.15, 0.2) is 30.9 Å². The third-order valence-electron chi connectivity index (χ3n) is 5.02. The van der Waals surface area contributed by atoms with Crippen molar-refractivity contribution in [2.75, 3.05) is 19.7 Å². The van der Waals surface area contributed by atoms with E-state index in [-0.39, 0.29) is 26.1 Å². The van der Waals surface area contributed by atoms with Crippen LogP contribution in [0.3, 0.4) is 0 Å². The van der Waals surface area contributed by atoms with Gasteiger partial charge in [-0.05, 0) is 65.2 Å². The average molecular weight is 490 g/mol. The van der Waals surface area contributed by atoms with Gasteiger partial charge in [0.2, 0.25) is 11.8 Å². The Bertz CT molecular complexity index is 902. The molecular formula is C26H39N3O6. The number of aryl methyl sites for hydroxylation is 2. The van der Waals surface area contributed by atoms with Gasteiger partial charge in [0.15, 0.2) is 0 Å². The van der Waals surface area contributed by atoms with Crippen LogP contribution < -0.4 is 10.6 Å². The molecule has 194 valence electrons. The summed E-state index contributed by atoms with van der Waals surface area (Å²) in [5.41, 5.74) is 1.59. The molecule has 35 heavy (non-hydrogen) atoms. The fraction of sp³-hybridized carbons (Fsp3) is 0.538. The molecule has 0 aliphatic carbocycles. The minimum absolute atomic E-state index is 0.00502. The molecule has 9 heteroatoms. The van der Waals surface area contributed by atoms with Gasteiger partial charge in [-0.1, -0.05) is 24.3 Å². The number of carbonyl (C=O) groups is 4. The maximum Gasteiger partial charge on any atom is 0.408 e. The number of esters is 1. The van der Waals surface area contributed by atoms with Crippen molar-refractivity contribution in [3.8, 4) is 0 Å². The molecule has 1 rings (SSSR count). The van der Waals surface area contributed by atoms with E-state index < -0.39 is 41.6 Å². The van der Waals surface area contributed by atoms with E-state index in [1.165, 1.54) is 17.9 Å². The van der Waals surface area contributed by atoms with E-state index in [4.69, 9.17) is 9.47 Å². The first-order valence-electron chi connectivity index (χ1n) is 11.7. The molecule has 2 unspecified atom stereocenters. The summed E-state index contributed by atoms with van der Waals surface area (Å²) in [6.07, 6.45) is 0.787. The molecule has 0 aromatic heterocycles. The number of alkyl carbamates (subject to hydrolysis) is 1. The fourth-order valence-corrected chi connectivity index (χ4v) is 3.56. The summed E-state index contributed by atoms with van der Waals surface area (Å²) >= 11 is 0. The van der Waals surface area contributed by atoms with E-state index in [0.29, 0.717) is 5.56 Å². The number of nitrogens with zero attached hydrogens (tertiary/aromatic N) is 1. The number of ether oxygens (including phenoxy) is 2. The number of hydrogen-bond acceptors (Lipinski definition) is 6. The third-order valence-corrected chi connectivity index (χ3v) is 5.02. The van der Waals surface area contributed by atoms with Crippen molar-refractivity contribution in [1.29, 1.82) is 0 Å². The number of hydrogen-bond donors (Lipinski definition) is 2. The molecule has 0 bridgehead atoms. The Hall–Kier alpha value is -3.36. The summed E-state index contributed by atoms with van der Waals surface area (Å²) in [6, 6.07) is 3.62. The summed E-state index contributed by atoms with van der Waals surface area (Å²) in [4.78, 5) is 52.3. The van der Waals surface area contributed by atoms with Crippen LogP contribution in [-0.2, 0) is 23.9 Å². The van der Waals surface area contributed by atoms with Gasteiger partial charge in [-0.2, -0.15) is 0 Å². The molecule has 0 spiro atoms. The largest absolute Gasteiger partial charge is 0.466 e. The number of rotatable bonds is 11. The molecule has 0 fully saturated rings. The molecular weight excluding hydrogens is 450 g/mol. The normalized spacial score (nSPS) is 12.7. The van der Waals surface area contributed by atoms with Crippen LogP contribution >= 0.6 is 0 Å². The fourth-order valence-electron chi connectivity index (χ4n) is 3.56. The Labute approximate surface area is 208 Å². The lowest BCUT2D eigenvalue weighted by atomic mass is 9.93. The van der Waals surface area contributed by atoms with Crippen LogP contribution in [-0.4, -0.2) is 60.1 Å². The number of carbonyl (C=O) groups excluding carboxylic acids is 4. The van der Waals surface area contributed by atoms with Crippen molar-refractivity contribution >= 4 is 23.9 Å². The van der Waals surface area contributed by atoms with Crippen LogP contribution in [0.4, 0.5) is 4.79 Å². The summed E-state index contributed by atoms with van der Waals surface area (Å²) in [6.45, 7) is 16.2. The van der Waals surface area contributed by atoms with Crippen LogP contribution in [0.25, 0.3) is 0 Å². The second-order valence-electron chi connectivity index (χ2n) is 9.20. The van der Waals surface area contributed by atoms with E-state index in [2.05, 4.69) is 17.2 Å². The summed E-state index contributed by atoms with van der Waals surface area (Å²) in [5, 5.41) is 5.29. The molecule has 0 radical (unpaired) electrons. The molecule has 0 saturated carbocycles. The SMILES string of the molecule is C=CCN(C(=O)C(C)NC(=O)OC(C)(C)C)C(C(=O)NCCC(=O)OCC)c1c(C)cccc1C. The van der Waals surface area contributed by atoms with Crippen LogP contribution in [0.5, 0.6) is 0 Å². The quantitative estimate of drug-likeness (QED) is 0.364. The van der Waals surface area contributed by atoms with Crippen LogP contribution in [0.1, 0.15) is 63.8 Å². The first-order valence-corrected chi connectivity index (χ1v) is 11.7. The molecule has 3 amide bonds. The van der Waals surface area contributed by atoms with E-state index in [9.17, 15) is 19.2 Å². The van der Waals surface area contributed by atoms with Gasteiger partial charge < -0.3 is 25.0 Å². The molecule has 2 atom stereocenters. The maximum absolute atomic E-state index is 13.5. The zero-order valence-electron chi connectivity index (χ0n) is 21.9. The Morgan fingerprint density at radius 2 is 1.74 bits per heavy atom. The van der Waals surface area contributed by atoms with Gasteiger partial charge in [-0.15, -0.1) is 6.58 Å². The predicted molar refractivity (Wildman–Crippen MR) is 134 cm³/mol. The lowest BCUT2D eigenvalue weighted by Gasteiger charge is -2.34. The molecule has 0 aliphatic rings. The van der Waals surface area contributed by atoms with Crippen molar-refractivity contribution in [2.24, 2.45) is 0 Å². The minimum atomic E-state index is -1.01. The number of nitrogens with one attached hydrogen (secondary N) is 2. The highest BCUT2D eigenvalue weighted by Gasteiger charge is 2.35. The first-order chi connectivity index (χ1) is 16.3. The van der Waals surface area contributed by atoms with Crippen molar-refractivity contribution in [3.05, 3.63) is 47.5 Å². The molecule has 2 N–H and O–H groups in total. The Balaban J connectivity index is 3.28. The van der Waals surface area contributed by atoms with Crippen molar-refractivity contribution in [3.63, 3.8) is 0 Å². The molecule has 1 aromatic carbocycles. The van der Waals surface area contributed by atoms with Gasteiger partial charge in [0.1, 0.15) is 17.7 Å². The second kappa shape index (κ2) is 13.5. The Morgan fingerprint density at radius 3 is 2.26 bits per heavy atom. The number of amides is 3. The topological polar surface area (TPSA) is 114 Å². The first kappa shape index (κ1) is 29.7. The second-order valence-corrected chi connectivity index (χ2v) is 9.20. The van der Waals surface area contributed by atoms with Gasteiger partial charge in [0.25, 0.3) is 0 Å². The molecule has 9 nitrogen and oxygen atoms in total. The lowest BCUT2D eigenvalue weighted by molar-refractivity contribution is -0.144. The van der Waals surface area contributed by atoms with Crippen molar-refractivity contribution in [2.45, 2.75) is 72.6 Å². The highest BCUT2D eigenvalue weighted by Crippen LogP contribution is 2.28. The van der Waals surface area contributed by atoms with Gasteiger partial charge in [-0.3, -0.25) is 14.4 Å².